The van der Waals surface area contributed by atoms with Crippen LogP contribution < -0.4 is 15.4 Å². The largest absolute Gasteiger partial charge is 0.491 e. The topological polar surface area (TPSA) is 54.9 Å². The van der Waals surface area contributed by atoms with Gasteiger partial charge in [-0.2, -0.15) is 0 Å². The van der Waals surface area contributed by atoms with Crippen molar-refractivity contribution in [1.29, 1.82) is 0 Å². The Morgan fingerprint density at radius 3 is 2.40 bits per heavy atom. The molecule has 2 rings (SSSR count). The molecule has 0 saturated heterocycles. The van der Waals surface area contributed by atoms with Crippen molar-refractivity contribution >= 4 is 5.96 Å². The quantitative estimate of drug-likeness (QED) is 0.439. The molecule has 0 atom stereocenters. The Morgan fingerprint density at radius 1 is 1.00 bits per heavy atom. The smallest absolute Gasteiger partial charge is 0.191 e. The minimum absolute atomic E-state index is 0.227. The third kappa shape index (κ3) is 6.43. The van der Waals surface area contributed by atoms with Crippen LogP contribution in [-0.4, -0.2) is 33.3 Å². The van der Waals surface area contributed by atoms with Gasteiger partial charge in [0.1, 0.15) is 18.2 Å². The van der Waals surface area contributed by atoms with Crippen molar-refractivity contribution in [1.82, 2.24) is 10.6 Å². The third-order valence-electron chi connectivity index (χ3n) is 3.57. The minimum atomic E-state index is -0.227. The highest BCUT2D eigenvalue weighted by Crippen LogP contribution is 2.12. The van der Waals surface area contributed by atoms with E-state index in [0.29, 0.717) is 37.8 Å². The summed E-state index contributed by atoms with van der Waals surface area (Å²) in [5.41, 5.74) is 1.69. The van der Waals surface area contributed by atoms with Gasteiger partial charge < -0.3 is 20.1 Å². The molecule has 0 bridgehead atoms. The number of nitrogens with zero attached hydrogens (tertiary/aromatic N) is 1. The number of halogens is 1. The van der Waals surface area contributed by atoms with Crippen LogP contribution >= 0.6 is 0 Å². The second-order valence-electron chi connectivity index (χ2n) is 5.36. The lowest BCUT2D eigenvalue weighted by Gasteiger charge is -2.13. The van der Waals surface area contributed by atoms with Crippen LogP contribution in [-0.2, 0) is 17.8 Å². The Morgan fingerprint density at radius 2 is 1.72 bits per heavy atom. The van der Waals surface area contributed by atoms with Gasteiger partial charge in [-0.05, 0) is 23.8 Å². The molecule has 5 nitrogen and oxygen atoms in total. The molecule has 0 radical (unpaired) electrons. The van der Waals surface area contributed by atoms with Crippen molar-refractivity contribution in [2.24, 2.45) is 4.99 Å². The highest BCUT2D eigenvalue weighted by Gasteiger charge is 2.03. The average Bonchev–Trinajstić information content (AvgIpc) is 2.64. The minimum Gasteiger partial charge on any atom is -0.491 e. The van der Waals surface area contributed by atoms with Gasteiger partial charge >= 0.3 is 0 Å². The van der Waals surface area contributed by atoms with E-state index >= 15 is 0 Å². The van der Waals surface area contributed by atoms with Gasteiger partial charge in [0.05, 0.1) is 6.61 Å². The van der Waals surface area contributed by atoms with E-state index < -0.39 is 0 Å². The first kappa shape index (κ1) is 18.7. The summed E-state index contributed by atoms with van der Waals surface area (Å²) in [6.07, 6.45) is 0. The van der Waals surface area contributed by atoms with E-state index in [9.17, 15) is 4.39 Å². The van der Waals surface area contributed by atoms with Gasteiger partial charge in [-0.25, -0.2) is 4.39 Å². The third-order valence-corrected chi connectivity index (χ3v) is 3.57. The summed E-state index contributed by atoms with van der Waals surface area (Å²) in [7, 11) is 3.33. The number of guanidine groups is 1. The molecule has 0 aliphatic carbocycles. The van der Waals surface area contributed by atoms with Gasteiger partial charge in [0.2, 0.25) is 0 Å². The highest BCUT2D eigenvalue weighted by molar-refractivity contribution is 5.79. The Bertz CT molecular complexity index is 675. The Labute approximate surface area is 147 Å². The molecule has 0 heterocycles. The molecule has 134 valence electrons. The van der Waals surface area contributed by atoms with E-state index in [2.05, 4.69) is 15.6 Å². The van der Waals surface area contributed by atoms with Gasteiger partial charge in [-0.1, -0.05) is 30.3 Å². The number of hydrogen-bond acceptors (Lipinski definition) is 3. The summed E-state index contributed by atoms with van der Waals surface area (Å²) in [6.45, 7) is 2.07. The molecule has 2 aromatic carbocycles. The van der Waals surface area contributed by atoms with Crippen LogP contribution in [0.5, 0.6) is 5.75 Å². The summed E-state index contributed by atoms with van der Waals surface area (Å²) < 4.78 is 24.1. The summed E-state index contributed by atoms with van der Waals surface area (Å²) in [5, 5.41) is 6.31. The fourth-order valence-corrected chi connectivity index (χ4v) is 2.17. The zero-order valence-corrected chi connectivity index (χ0v) is 14.6. The van der Waals surface area contributed by atoms with E-state index in [1.807, 2.05) is 30.3 Å². The van der Waals surface area contributed by atoms with Crippen molar-refractivity contribution < 1.29 is 13.9 Å². The van der Waals surface area contributed by atoms with Gasteiger partial charge in [0.25, 0.3) is 0 Å². The normalized spacial score (nSPS) is 11.2. The van der Waals surface area contributed by atoms with Crippen molar-refractivity contribution in [3.8, 4) is 5.75 Å². The molecule has 2 aromatic rings. The second kappa shape index (κ2) is 10.3. The number of benzene rings is 2. The van der Waals surface area contributed by atoms with Crippen molar-refractivity contribution in [3.63, 3.8) is 0 Å². The average molecular weight is 345 g/mol. The van der Waals surface area contributed by atoms with Gasteiger partial charge in [0, 0.05) is 32.8 Å². The van der Waals surface area contributed by atoms with Crippen LogP contribution in [0.1, 0.15) is 11.1 Å². The molecule has 0 aliphatic heterocycles. The van der Waals surface area contributed by atoms with Crippen molar-refractivity contribution in [2.75, 3.05) is 27.4 Å². The Kier molecular flexibility index (Phi) is 7.72. The van der Waals surface area contributed by atoms with E-state index in [1.54, 1.807) is 26.3 Å². The number of aliphatic imine (C=N–C) groups is 1. The first-order valence-corrected chi connectivity index (χ1v) is 8.11. The maximum atomic E-state index is 13.6. The molecule has 0 unspecified atom stereocenters. The van der Waals surface area contributed by atoms with Crippen LogP contribution in [0, 0.1) is 5.82 Å². The summed E-state index contributed by atoms with van der Waals surface area (Å²) in [5.74, 6) is 1.20. The standard InChI is InChI=1S/C19H24FN3O2/c1-21-19(23-14-16-5-3-4-6-18(16)20)22-13-15-7-9-17(10-8-15)25-12-11-24-2/h3-10H,11-14H2,1-2H3,(H2,21,22,23). The molecule has 2 N–H and O–H groups in total. The molecule has 0 saturated carbocycles. The predicted octanol–water partition coefficient (Wildman–Crippen LogP) is 2.72. The number of hydrogen-bond donors (Lipinski definition) is 2. The van der Waals surface area contributed by atoms with E-state index in [1.165, 1.54) is 6.07 Å². The molecule has 0 spiro atoms. The molecule has 0 aromatic heterocycles. The number of ether oxygens (including phenoxy) is 2. The first-order chi connectivity index (χ1) is 12.2. The van der Waals surface area contributed by atoms with Crippen molar-refractivity contribution in [2.45, 2.75) is 13.1 Å². The fourth-order valence-electron chi connectivity index (χ4n) is 2.17. The molecule has 0 fully saturated rings. The van der Waals surface area contributed by atoms with Crippen LogP contribution in [0.15, 0.2) is 53.5 Å². The lowest BCUT2D eigenvalue weighted by atomic mass is 10.2. The SMILES string of the molecule is CN=C(NCc1ccc(OCCOC)cc1)NCc1ccccc1F. The van der Waals surface area contributed by atoms with E-state index in [4.69, 9.17) is 9.47 Å². The van der Waals surface area contributed by atoms with Gasteiger partial charge in [-0.3, -0.25) is 4.99 Å². The van der Waals surface area contributed by atoms with Crippen LogP contribution in [0.3, 0.4) is 0 Å². The van der Waals surface area contributed by atoms with E-state index in [0.717, 1.165) is 11.3 Å². The number of rotatable bonds is 8. The maximum absolute atomic E-state index is 13.6. The van der Waals surface area contributed by atoms with Gasteiger partial charge in [-0.15, -0.1) is 0 Å². The highest BCUT2D eigenvalue weighted by atomic mass is 19.1. The summed E-state index contributed by atoms with van der Waals surface area (Å²) >= 11 is 0. The fraction of sp³-hybridized carbons (Fsp3) is 0.316. The molecule has 0 aliphatic rings. The Balaban J connectivity index is 1.79. The molecule has 6 heteroatoms. The number of nitrogens with one attached hydrogen (secondary N) is 2. The van der Waals surface area contributed by atoms with Crippen molar-refractivity contribution in [3.05, 3.63) is 65.5 Å². The molecular formula is C19H24FN3O2. The lowest BCUT2D eigenvalue weighted by molar-refractivity contribution is 0.146. The predicted molar refractivity (Wildman–Crippen MR) is 97.3 cm³/mol. The zero-order chi connectivity index (χ0) is 17.9. The van der Waals surface area contributed by atoms with Crippen LogP contribution in [0.2, 0.25) is 0 Å². The van der Waals surface area contributed by atoms with Crippen LogP contribution in [0.25, 0.3) is 0 Å². The first-order valence-electron chi connectivity index (χ1n) is 8.11. The Hall–Kier alpha value is -2.60. The molecular weight excluding hydrogens is 321 g/mol. The molecule has 25 heavy (non-hydrogen) atoms. The second-order valence-corrected chi connectivity index (χ2v) is 5.36. The summed E-state index contributed by atoms with van der Waals surface area (Å²) in [6, 6.07) is 14.5. The van der Waals surface area contributed by atoms with E-state index in [-0.39, 0.29) is 5.82 Å². The lowest BCUT2D eigenvalue weighted by Crippen LogP contribution is -2.36. The van der Waals surface area contributed by atoms with Crippen LogP contribution in [0.4, 0.5) is 4.39 Å². The summed E-state index contributed by atoms with van der Waals surface area (Å²) in [4.78, 5) is 4.15. The zero-order valence-electron chi connectivity index (χ0n) is 14.6. The maximum Gasteiger partial charge on any atom is 0.191 e. The molecule has 0 amide bonds. The number of methoxy groups -OCH3 is 1. The van der Waals surface area contributed by atoms with Gasteiger partial charge in [0.15, 0.2) is 5.96 Å². The monoisotopic (exact) mass is 345 g/mol.